The van der Waals surface area contributed by atoms with Gasteiger partial charge >= 0.3 is 0 Å². The number of epoxide rings is 1. The van der Waals surface area contributed by atoms with Crippen molar-refractivity contribution in [2.24, 2.45) is 46.3 Å². The van der Waals surface area contributed by atoms with Gasteiger partial charge in [-0.15, -0.1) is 0 Å². The molecule has 0 aromatic carbocycles. The van der Waals surface area contributed by atoms with Crippen molar-refractivity contribution in [1.82, 2.24) is 0 Å². The zero-order valence-electron chi connectivity index (χ0n) is 21.5. The van der Waals surface area contributed by atoms with Crippen LogP contribution in [0.5, 0.6) is 0 Å². The quantitative estimate of drug-likeness (QED) is 0.413. The molecule has 4 heteroatoms. The van der Waals surface area contributed by atoms with Crippen LogP contribution in [0.25, 0.3) is 0 Å². The molecule has 0 aromatic rings. The van der Waals surface area contributed by atoms with Gasteiger partial charge in [0.05, 0.1) is 11.4 Å². The predicted octanol–water partition coefficient (Wildman–Crippen LogP) is 6.65. The van der Waals surface area contributed by atoms with Gasteiger partial charge in [0.2, 0.25) is 0 Å². The summed E-state index contributed by atoms with van der Waals surface area (Å²) in [6.45, 7) is 12.4. The lowest BCUT2D eigenvalue weighted by molar-refractivity contribution is -0.0996. The fraction of sp³-hybridized carbons (Fsp3) is 1.00. The van der Waals surface area contributed by atoms with Gasteiger partial charge in [-0.1, -0.05) is 53.9 Å². The summed E-state index contributed by atoms with van der Waals surface area (Å²) in [6, 6.07) is 0. The van der Waals surface area contributed by atoms with Crippen molar-refractivity contribution in [2.45, 2.75) is 122 Å². The van der Waals surface area contributed by atoms with E-state index in [2.05, 4.69) is 34.6 Å². The molecular formula is C28H48O3S. The molecule has 5 rings (SSSR count). The number of rotatable bonds is 6. The van der Waals surface area contributed by atoms with Crippen molar-refractivity contribution >= 4 is 9.84 Å². The molecule has 1 heterocycles. The lowest BCUT2D eigenvalue weighted by Crippen LogP contribution is -2.59. The Hall–Kier alpha value is -0.0900. The summed E-state index contributed by atoms with van der Waals surface area (Å²) in [4.78, 5) is 0. The first-order valence-corrected chi connectivity index (χ1v) is 15.7. The Morgan fingerprint density at radius 3 is 2.41 bits per heavy atom. The third-order valence-electron chi connectivity index (χ3n) is 11.8. The van der Waals surface area contributed by atoms with Crippen LogP contribution in [-0.2, 0) is 14.6 Å². The van der Waals surface area contributed by atoms with Gasteiger partial charge in [-0.3, -0.25) is 0 Å². The zero-order valence-corrected chi connectivity index (χ0v) is 22.3. The highest BCUT2D eigenvalue weighted by Crippen LogP contribution is 2.74. The monoisotopic (exact) mass is 464 g/mol. The third-order valence-corrected chi connectivity index (χ3v) is 13.5. The molecule has 3 nitrogen and oxygen atoms in total. The summed E-state index contributed by atoms with van der Waals surface area (Å²) < 4.78 is 31.3. The first-order chi connectivity index (χ1) is 14.9. The molecule has 5 aliphatic rings. The van der Waals surface area contributed by atoms with Gasteiger partial charge in [0.25, 0.3) is 0 Å². The summed E-state index contributed by atoms with van der Waals surface area (Å²) in [5, 5.41) is -0.187. The Bertz CT molecular complexity index is 836. The van der Waals surface area contributed by atoms with Crippen LogP contribution in [0, 0.1) is 46.3 Å². The number of ether oxygens (including phenoxy) is 1. The van der Waals surface area contributed by atoms with E-state index in [1.165, 1.54) is 57.6 Å². The van der Waals surface area contributed by atoms with E-state index in [0.717, 1.165) is 54.8 Å². The standard InChI is InChI=1S/C28H48O3S/c1-18(2)8-7-9-19(3)22-10-11-23-21-16-25-28(31-25)17-20(32(6,29)30)12-15-27(28,5)24(21)13-14-26(22,23)4/h18-25H,7-17H2,1-6H3/t19-,20?,21+,22-,23+,24+,25?,26-,27-,28?/m1/s1. The zero-order chi connectivity index (χ0) is 23.1. The van der Waals surface area contributed by atoms with Crippen LogP contribution in [0.2, 0.25) is 0 Å². The molecule has 1 spiro atoms. The van der Waals surface area contributed by atoms with Crippen molar-refractivity contribution in [1.29, 1.82) is 0 Å². The van der Waals surface area contributed by atoms with Crippen LogP contribution in [0.15, 0.2) is 0 Å². The van der Waals surface area contributed by atoms with Crippen LogP contribution >= 0.6 is 0 Å². The van der Waals surface area contributed by atoms with Crippen molar-refractivity contribution < 1.29 is 13.2 Å². The minimum absolute atomic E-state index is 0.129. The van der Waals surface area contributed by atoms with Gasteiger partial charge < -0.3 is 4.74 Å². The minimum atomic E-state index is -2.98. The summed E-state index contributed by atoms with van der Waals surface area (Å²) >= 11 is 0. The van der Waals surface area contributed by atoms with Gasteiger partial charge in [0.15, 0.2) is 0 Å². The van der Waals surface area contributed by atoms with E-state index in [1.807, 2.05) is 0 Å². The van der Waals surface area contributed by atoms with Crippen molar-refractivity contribution in [3.05, 3.63) is 0 Å². The fourth-order valence-electron chi connectivity index (χ4n) is 10.0. The largest absolute Gasteiger partial charge is 0.365 e. The first kappa shape index (κ1) is 23.6. The maximum atomic E-state index is 12.4. The highest BCUT2D eigenvalue weighted by Gasteiger charge is 2.76. The lowest BCUT2D eigenvalue weighted by atomic mass is 9.44. The van der Waals surface area contributed by atoms with Crippen molar-refractivity contribution in [2.75, 3.05) is 6.26 Å². The number of sulfone groups is 1. The van der Waals surface area contributed by atoms with Crippen LogP contribution in [-0.4, -0.2) is 31.6 Å². The molecule has 4 aliphatic carbocycles. The van der Waals surface area contributed by atoms with Crippen LogP contribution in [0.3, 0.4) is 0 Å². The Labute approximate surface area is 197 Å². The topological polar surface area (TPSA) is 46.7 Å². The smallest absolute Gasteiger partial charge is 0.150 e. The van der Waals surface area contributed by atoms with Crippen molar-refractivity contribution in [3.63, 3.8) is 0 Å². The number of fused-ring (bicyclic) bond motifs is 4. The van der Waals surface area contributed by atoms with Crippen LogP contribution in [0.1, 0.15) is 105 Å². The molecule has 0 bridgehead atoms. The SMILES string of the molecule is CC(C)CCC[C@@H](C)[C@H]1CC[C@H]2[C@@H]3CC4OC45CC(S(C)(=O)=O)CC[C@]5(C)[C@H]3CC[C@]12C. The molecule has 3 unspecified atom stereocenters. The van der Waals surface area contributed by atoms with E-state index in [1.54, 1.807) is 0 Å². The highest BCUT2D eigenvalue weighted by atomic mass is 32.2. The molecule has 5 fully saturated rings. The van der Waals surface area contributed by atoms with Gasteiger partial charge in [-0.2, -0.15) is 0 Å². The second-order valence-corrected chi connectivity index (χ2v) is 16.1. The molecule has 0 radical (unpaired) electrons. The van der Waals surface area contributed by atoms with E-state index in [9.17, 15) is 8.42 Å². The summed E-state index contributed by atoms with van der Waals surface area (Å²) in [6.07, 6.45) is 15.3. The van der Waals surface area contributed by atoms with Gasteiger partial charge in [-0.05, 0) is 92.3 Å². The van der Waals surface area contributed by atoms with Gasteiger partial charge in [-0.25, -0.2) is 8.42 Å². The van der Waals surface area contributed by atoms with Crippen LogP contribution in [0.4, 0.5) is 0 Å². The summed E-state index contributed by atoms with van der Waals surface area (Å²) in [5.41, 5.74) is 0.563. The minimum Gasteiger partial charge on any atom is -0.365 e. The third kappa shape index (κ3) is 3.39. The highest BCUT2D eigenvalue weighted by molar-refractivity contribution is 7.91. The Morgan fingerprint density at radius 1 is 0.969 bits per heavy atom. The fourth-order valence-corrected chi connectivity index (χ4v) is 11.1. The van der Waals surface area contributed by atoms with Gasteiger partial charge in [0, 0.05) is 11.7 Å². The molecule has 4 saturated carbocycles. The molecule has 184 valence electrons. The second kappa shape index (κ2) is 7.70. The molecule has 1 saturated heterocycles. The Kier molecular flexibility index (Phi) is 5.69. The number of hydrogen-bond acceptors (Lipinski definition) is 3. The van der Waals surface area contributed by atoms with E-state index in [-0.39, 0.29) is 16.3 Å². The maximum absolute atomic E-state index is 12.4. The van der Waals surface area contributed by atoms with E-state index < -0.39 is 9.84 Å². The Morgan fingerprint density at radius 2 is 1.72 bits per heavy atom. The molecule has 0 N–H and O–H groups in total. The second-order valence-electron chi connectivity index (χ2n) is 13.8. The van der Waals surface area contributed by atoms with Crippen molar-refractivity contribution in [3.8, 4) is 0 Å². The predicted molar refractivity (Wildman–Crippen MR) is 131 cm³/mol. The lowest BCUT2D eigenvalue weighted by Gasteiger charge is -2.59. The molecule has 32 heavy (non-hydrogen) atoms. The maximum Gasteiger partial charge on any atom is 0.150 e. The molecule has 1 aliphatic heterocycles. The number of hydrogen-bond donors (Lipinski definition) is 0. The summed E-state index contributed by atoms with van der Waals surface area (Å²) in [7, 11) is -2.98. The Balaban J connectivity index is 1.33. The molecule has 0 aromatic heterocycles. The summed E-state index contributed by atoms with van der Waals surface area (Å²) in [5.74, 6) is 4.94. The molecule has 10 atom stereocenters. The van der Waals surface area contributed by atoms with E-state index in [4.69, 9.17) is 4.74 Å². The molecular weight excluding hydrogens is 416 g/mol. The normalized spacial score (nSPS) is 50.8. The van der Waals surface area contributed by atoms with E-state index >= 15 is 0 Å². The van der Waals surface area contributed by atoms with E-state index in [0.29, 0.717) is 11.5 Å². The molecule has 0 amide bonds. The average molecular weight is 465 g/mol. The van der Waals surface area contributed by atoms with Crippen LogP contribution < -0.4 is 0 Å². The average Bonchev–Trinajstić information content (AvgIpc) is 3.27. The first-order valence-electron chi connectivity index (χ1n) is 13.8. The van der Waals surface area contributed by atoms with Gasteiger partial charge in [0.1, 0.15) is 15.4 Å².